The van der Waals surface area contributed by atoms with E-state index in [0.29, 0.717) is 12.5 Å². The molecular formula is C15H27NO5. The SMILES string of the molecule is CO[C@H]([C@@H](C)C(=O)O)[C@@H]1C[C@H](C)CN1C(=O)OC(C)(C)C. The van der Waals surface area contributed by atoms with E-state index in [4.69, 9.17) is 9.47 Å². The third-order valence-corrected chi connectivity index (χ3v) is 3.71. The first-order valence-corrected chi connectivity index (χ1v) is 7.32. The quantitative estimate of drug-likeness (QED) is 0.862. The molecule has 0 aromatic heterocycles. The van der Waals surface area contributed by atoms with Crippen LogP contribution >= 0.6 is 0 Å². The highest BCUT2D eigenvalue weighted by Crippen LogP contribution is 2.31. The number of carboxylic acid groups (broad SMARTS) is 1. The fraction of sp³-hybridized carbons (Fsp3) is 0.867. The molecule has 0 radical (unpaired) electrons. The maximum Gasteiger partial charge on any atom is 0.410 e. The number of amides is 1. The summed E-state index contributed by atoms with van der Waals surface area (Å²) >= 11 is 0. The number of nitrogens with zero attached hydrogens (tertiary/aromatic N) is 1. The van der Waals surface area contributed by atoms with Crippen molar-refractivity contribution >= 4 is 12.1 Å². The van der Waals surface area contributed by atoms with Crippen molar-refractivity contribution in [1.82, 2.24) is 4.90 Å². The zero-order valence-electron chi connectivity index (χ0n) is 13.8. The van der Waals surface area contributed by atoms with Crippen molar-refractivity contribution < 1.29 is 24.2 Å². The zero-order chi connectivity index (χ0) is 16.4. The lowest BCUT2D eigenvalue weighted by Crippen LogP contribution is -2.49. The van der Waals surface area contributed by atoms with Gasteiger partial charge in [-0.1, -0.05) is 6.92 Å². The number of aliphatic carboxylic acids is 1. The monoisotopic (exact) mass is 301 g/mol. The Balaban J connectivity index is 2.92. The van der Waals surface area contributed by atoms with Crippen LogP contribution in [0.3, 0.4) is 0 Å². The van der Waals surface area contributed by atoms with Gasteiger partial charge in [-0.15, -0.1) is 0 Å². The summed E-state index contributed by atoms with van der Waals surface area (Å²) < 4.78 is 10.8. The second kappa shape index (κ2) is 6.64. The molecule has 1 fully saturated rings. The molecule has 0 bridgehead atoms. The third-order valence-electron chi connectivity index (χ3n) is 3.71. The van der Waals surface area contributed by atoms with Crippen molar-refractivity contribution in [2.75, 3.05) is 13.7 Å². The highest BCUT2D eigenvalue weighted by molar-refractivity contribution is 5.72. The van der Waals surface area contributed by atoms with E-state index >= 15 is 0 Å². The van der Waals surface area contributed by atoms with Gasteiger partial charge in [-0.05, 0) is 40.0 Å². The molecule has 21 heavy (non-hydrogen) atoms. The van der Waals surface area contributed by atoms with E-state index in [1.165, 1.54) is 7.11 Å². The molecule has 0 aromatic carbocycles. The first-order chi connectivity index (χ1) is 9.56. The predicted octanol–water partition coefficient (Wildman–Crippen LogP) is 2.37. The molecule has 6 heteroatoms. The van der Waals surface area contributed by atoms with Gasteiger partial charge < -0.3 is 19.5 Å². The zero-order valence-corrected chi connectivity index (χ0v) is 13.8. The predicted molar refractivity (Wildman–Crippen MR) is 78.1 cm³/mol. The van der Waals surface area contributed by atoms with E-state index in [2.05, 4.69) is 0 Å². The third kappa shape index (κ3) is 4.59. The molecule has 4 atom stereocenters. The largest absolute Gasteiger partial charge is 0.481 e. The second-order valence-corrected chi connectivity index (χ2v) is 6.87. The highest BCUT2D eigenvalue weighted by Gasteiger charge is 2.43. The normalized spacial score (nSPS) is 25.5. The molecule has 122 valence electrons. The molecular weight excluding hydrogens is 274 g/mol. The van der Waals surface area contributed by atoms with E-state index in [1.807, 2.05) is 27.7 Å². The van der Waals surface area contributed by atoms with Gasteiger partial charge in [-0.25, -0.2) is 4.79 Å². The molecule has 0 aliphatic carbocycles. The Labute approximate surface area is 126 Å². The van der Waals surface area contributed by atoms with Gasteiger partial charge in [0, 0.05) is 13.7 Å². The van der Waals surface area contributed by atoms with Crippen LogP contribution in [0.25, 0.3) is 0 Å². The van der Waals surface area contributed by atoms with Gasteiger partial charge in [0.05, 0.1) is 18.1 Å². The molecule has 6 nitrogen and oxygen atoms in total. The Kier molecular flexibility index (Phi) is 5.61. The van der Waals surface area contributed by atoms with Crippen LogP contribution in [0, 0.1) is 11.8 Å². The lowest BCUT2D eigenvalue weighted by atomic mass is 9.94. The summed E-state index contributed by atoms with van der Waals surface area (Å²) in [5.74, 6) is -1.32. The van der Waals surface area contributed by atoms with E-state index in [9.17, 15) is 14.7 Å². The van der Waals surface area contributed by atoms with Crippen LogP contribution in [0.2, 0.25) is 0 Å². The van der Waals surface area contributed by atoms with Crippen LogP contribution in [-0.2, 0) is 14.3 Å². The highest BCUT2D eigenvalue weighted by atomic mass is 16.6. The van der Waals surface area contributed by atoms with Gasteiger partial charge in [-0.2, -0.15) is 0 Å². The van der Waals surface area contributed by atoms with Crippen molar-refractivity contribution in [2.24, 2.45) is 11.8 Å². The molecule has 1 rings (SSSR count). The van der Waals surface area contributed by atoms with Crippen molar-refractivity contribution in [3.8, 4) is 0 Å². The Morgan fingerprint density at radius 1 is 1.33 bits per heavy atom. The number of likely N-dealkylation sites (tertiary alicyclic amines) is 1. The maximum absolute atomic E-state index is 12.3. The average molecular weight is 301 g/mol. The molecule has 1 aliphatic rings. The Morgan fingerprint density at radius 2 is 1.90 bits per heavy atom. The van der Waals surface area contributed by atoms with Gasteiger partial charge in [-0.3, -0.25) is 4.79 Å². The number of carboxylic acids is 1. The lowest BCUT2D eigenvalue weighted by Gasteiger charge is -2.34. The van der Waals surface area contributed by atoms with Crippen molar-refractivity contribution in [2.45, 2.75) is 58.8 Å². The Bertz CT molecular complexity index is 390. The van der Waals surface area contributed by atoms with Crippen LogP contribution in [-0.4, -0.2) is 53.5 Å². The van der Waals surface area contributed by atoms with E-state index < -0.39 is 29.7 Å². The number of hydrogen-bond acceptors (Lipinski definition) is 4. The van der Waals surface area contributed by atoms with Crippen molar-refractivity contribution in [1.29, 1.82) is 0 Å². The number of hydrogen-bond donors (Lipinski definition) is 1. The number of carbonyl (C=O) groups excluding carboxylic acids is 1. The molecule has 0 spiro atoms. The maximum atomic E-state index is 12.3. The van der Waals surface area contributed by atoms with Crippen LogP contribution in [0.1, 0.15) is 41.0 Å². The van der Waals surface area contributed by atoms with Gasteiger partial charge in [0.25, 0.3) is 0 Å². The number of rotatable bonds is 4. The van der Waals surface area contributed by atoms with E-state index in [-0.39, 0.29) is 6.04 Å². The summed E-state index contributed by atoms with van der Waals surface area (Å²) in [5.41, 5.74) is -0.575. The molecule has 0 unspecified atom stereocenters. The molecule has 1 amide bonds. The summed E-state index contributed by atoms with van der Waals surface area (Å²) in [4.78, 5) is 25.2. The van der Waals surface area contributed by atoms with Gasteiger partial charge >= 0.3 is 12.1 Å². The number of carbonyl (C=O) groups is 2. The smallest absolute Gasteiger partial charge is 0.410 e. The minimum Gasteiger partial charge on any atom is -0.481 e. The molecule has 1 saturated heterocycles. The fourth-order valence-corrected chi connectivity index (χ4v) is 2.76. The molecule has 1 aliphatic heterocycles. The Hall–Kier alpha value is -1.30. The van der Waals surface area contributed by atoms with Crippen LogP contribution in [0.4, 0.5) is 4.79 Å². The summed E-state index contributed by atoms with van der Waals surface area (Å²) in [7, 11) is 1.49. The minimum atomic E-state index is -0.925. The van der Waals surface area contributed by atoms with Gasteiger partial charge in [0.2, 0.25) is 0 Å². The summed E-state index contributed by atoms with van der Waals surface area (Å²) in [6, 6.07) is -0.272. The molecule has 0 aromatic rings. The Morgan fingerprint density at radius 3 is 2.33 bits per heavy atom. The van der Waals surface area contributed by atoms with Crippen LogP contribution < -0.4 is 0 Å². The first kappa shape index (κ1) is 17.8. The minimum absolute atomic E-state index is 0.272. The standard InChI is InChI=1S/C15H27NO5/c1-9-7-11(12(20-6)10(2)13(17)18)16(8-9)14(19)21-15(3,4)5/h9-12H,7-8H2,1-6H3,(H,17,18)/t9-,10+,11-,12+/m0/s1. The first-order valence-electron chi connectivity index (χ1n) is 7.32. The van der Waals surface area contributed by atoms with Crippen molar-refractivity contribution in [3.05, 3.63) is 0 Å². The average Bonchev–Trinajstić information content (AvgIpc) is 2.70. The van der Waals surface area contributed by atoms with Crippen LogP contribution in [0.5, 0.6) is 0 Å². The number of ether oxygens (including phenoxy) is 2. The summed E-state index contributed by atoms with van der Waals surface area (Å²) in [5, 5.41) is 9.21. The fourth-order valence-electron chi connectivity index (χ4n) is 2.76. The molecule has 1 heterocycles. The molecule has 1 N–H and O–H groups in total. The number of methoxy groups -OCH3 is 1. The summed E-state index contributed by atoms with van der Waals surface area (Å²) in [6.07, 6.45) is -0.230. The van der Waals surface area contributed by atoms with Crippen molar-refractivity contribution in [3.63, 3.8) is 0 Å². The topological polar surface area (TPSA) is 76.1 Å². The summed E-state index contributed by atoms with van der Waals surface area (Å²) in [6.45, 7) is 9.64. The second-order valence-electron chi connectivity index (χ2n) is 6.87. The van der Waals surface area contributed by atoms with Crippen LogP contribution in [0.15, 0.2) is 0 Å². The molecule has 0 saturated carbocycles. The van der Waals surface area contributed by atoms with E-state index in [1.54, 1.807) is 11.8 Å². The van der Waals surface area contributed by atoms with Gasteiger partial charge in [0.15, 0.2) is 0 Å². The lowest BCUT2D eigenvalue weighted by molar-refractivity contribution is -0.147. The van der Waals surface area contributed by atoms with Gasteiger partial charge in [0.1, 0.15) is 5.60 Å². The van der Waals surface area contributed by atoms with E-state index in [0.717, 1.165) is 6.42 Å².